The Labute approximate surface area is 117 Å². The van der Waals surface area contributed by atoms with Gasteiger partial charge < -0.3 is 0 Å². The smallest absolute Gasteiger partial charge is 0.295 e. The van der Waals surface area contributed by atoms with Crippen molar-refractivity contribution in [2.75, 3.05) is 14.1 Å². The van der Waals surface area contributed by atoms with Gasteiger partial charge in [-0.25, -0.2) is 4.79 Å². The monoisotopic (exact) mass is 298 g/mol. The lowest BCUT2D eigenvalue weighted by atomic mass is 10.2. The fourth-order valence-corrected chi connectivity index (χ4v) is 2.57. The number of imidazole rings is 1. The van der Waals surface area contributed by atoms with Crippen molar-refractivity contribution in [3.05, 3.63) is 34.2 Å². The second-order valence-corrected chi connectivity index (χ2v) is 6.80. The number of fused-ring (bicyclic) bond motifs is 1. The second-order valence-electron chi connectivity index (χ2n) is 4.83. The first-order chi connectivity index (χ1) is 9.24. The van der Waals surface area contributed by atoms with E-state index in [0.717, 1.165) is 20.9 Å². The van der Waals surface area contributed by atoms with Crippen molar-refractivity contribution < 1.29 is 8.42 Å². The molecule has 0 amide bonds. The normalized spacial score (nSPS) is 12.4. The molecule has 0 saturated heterocycles. The summed E-state index contributed by atoms with van der Waals surface area (Å²) in [6, 6.07) is 5.44. The molecule has 2 aromatic rings. The molecule has 110 valence electrons. The van der Waals surface area contributed by atoms with E-state index in [2.05, 4.69) is 4.72 Å². The molecule has 1 aromatic heterocycles. The first-order valence-electron chi connectivity index (χ1n) is 6.05. The molecule has 1 heterocycles. The molecule has 0 aliphatic rings. The maximum Gasteiger partial charge on any atom is 0.328 e. The van der Waals surface area contributed by atoms with E-state index >= 15 is 0 Å². The first kappa shape index (κ1) is 14.8. The largest absolute Gasteiger partial charge is 0.328 e. The predicted molar refractivity (Wildman–Crippen MR) is 77.6 cm³/mol. The number of hydrogen-bond acceptors (Lipinski definition) is 3. The number of nitrogens with one attached hydrogen (secondary N) is 1. The van der Waals surface area contributed by atoms with Crippen LogP contribution in [0, 0.1) is 0 Å². The molecular weight excluding hydrogens is 280 g/mol. The van der Waals surface area contributed by atoms with Gasteiger partial charge in [0.15, 0.2) is 0 Å². The topological polar surface area (TPSA) is 76.3 Å². The molecule has 0 spiro atoms. The molecule has 1 aromatic carbocycles. The van der Waals surface area contributed by atoms with Gasteiger partial charge in [0.2, 0.25) is 0 Å². The number of benzene rings is 1. The van der Waals surface area contributed by atoms with E-state index in [9.17, 15) is 13.2 Å². The molecule has 0 aliphatic heterocycles. The minimum atomic E-state index is -3.45. The van der Waals surface area contributed by atoms with Crippen molar-refractivity contribution in [1.29, 1.82) is 0 Å². The zero-order valence-corrected chi connectivity index (χ0v) is 12.7. The van der Waals surface area contributed by atoms with Crippen molar-refractivity contribution in [2.24, 2.45) is 14.1 Å². The molecule has 7 nitrogen and oxygen atoms in total. The fraction of sp³-hybridized carbons (Fsp3) is 0.417. The van der Waals surface area contributed by atoms with Crippen LogP contribution in [-0.4, -0.2) is 36.0 Å². The van der Waals surface area contributed by atoms with Crippen molar-refractivity contribution in [2.45, 2.75) is 6.54 Å². The Morgan fingerprint density at radius 1 is 1.15 bits per heavy atom. The third kappa shape index (κ3) is 2.49. The van der Waals surface area contributed by atoms with Gasteiger partial charge in [0.25, 0.3) is 10.2 Å². The Bertz CT molecular complexity index is 802. The molecular formula is C12H18N4O3S. The van der Waals surface area contributed by atoms with E-state index in [-0.39, 0.29) is 12.2 Å². The van der Waals surface area contributed by atoms with Crippen molar-refractivity contribution in [1.82, 2.24) is 18.2 Å². The van der Waals surface area contributed by atoms with Crippen molar-refractivity contribution in [3.8, 4) is 0 Å². The van der Waals surface area contributed by atoms with Crippen LogP contribution in [0.3, 0.4) is 0 Å². The van der Waals surface area contributed by atoms with Crippen LogP contribution in [-0.2, 0) is 30.8 Å². The molecule has 0 radical (unpaired) electrons. The maximum absolute atomic E-state index is 11.8. The third-order valence-electron chi connectivity index (χ3n) is 3.28. The van der Waals surface area contributed by atoms with E-state index in [1.165, 1.54) is 14.1 Å². The Kier molecular flexibility index (Phi) is 3.72. The summed E-state index contributed by atoms with van der Waals surface area (Å²) in [7, 11) is 2.88. The first-order valence-corrected chi connectivity index (χ1v) is 7.49. The molecule has 8 heteroatoms. The zero-order chi connectivity index (χ0) is 15.1. The third-order valence-corrected chi connectivity index (χ3v) is 4.75. The zero-order valence-electron chi connectivity index (χ0n) is 11.9. The van der Waals surface area contributed by atoms with Crippen LogP contribution >= 0.6 is 0 Å². The SMILES string of the molecule is CN(C)S(=O)(=O)NCc1ccc2c(c1)n(C)c(=O)n2C. The van der Waals surface area contributed by atoms with Crippen LogP contribution in [0.15, 0.2) is 23.0 Å². The summed E-state index contributed by atoms with van der Waals surface area (Å²) in [4.78, 5) is 11.8. The van der Waals surface area contributed by atoms with Crippen LogP contribution in [0.4, 0.5) is 0 Å². The van der Waals surface area contributed by atoms with Gasteiger partial charge in [0, 0.05) is 34.7 Å². The van der Waals surface area contributed by atoms with E-state index in [1.807, 2.05) is 12.1 Å². The van der Waals surface area contributed by atoms with Crippen LogP contribution in [0.1, 0.15) is 5.56 Å². The average Bonchev–Trinajstić information content (AvgIpc) is 2.61. The van der Waals surface area contributed by atoms with E-state index in [1.54, 1.807) is 29.3 Å². The van der Waals surface area contributed by atoms with Gasteiger partial charge in [0.1, 0.15) is 0 Å². The summed E-state index contributed by atoms with van der Waals surface area (Å²) < 4.78 is 30.0. The number of hydrogen-bond donors (Lipinski definition) is 1. The standard InChI is InChI=1S/C12H18N4O3S/c1-14(2)20(18,19)13-8-9-5-6-10-11(7-9)16(4)12(17)15(10)3/h5-7,13H,8H2,1-4H3. The van der Waals surface area contributed by atoms with E-state index < -0.39 is 10.2 Å². The Hall–Kier alpha value is -1.64. The average molecular weight is 298 g/mol. The minimum absolute atomic E-state index is 0.106. The lowest BCUT2D eigenvalue weighted by Gasteiger charge is -2.12. The summed E-state index contributed by atoms with van der Waals surface area (Å²) in [5.74, 6) is 0. The van der Waals surface area contributed by atoms with Crippen LogP contribution in [0.5, 0.6) is 0 Å². The quantitative estimate of drug-likeness (QED) is 0.847. The molecule has 0 aliphatic carbocycles. The summed E-state index contributed by atoms with van der Waals surface area (Å²) in [5.41, 5.74) is 2.28. The van der Waals surface area contributed by atoms with E-state index in [4.69, 9.17) is 0 Å². The van der Waals surface area contributed by atoms with Crippen LogP contribution < -0.4 is 10.4 Å². The van der Waals surface area contributed by atoms with Gasteiger partial charge in [0.05, 0.1) is 11.0 Å². The van der Waals surface area contributed by atoms with Gasteiger partial charge in [-0.15, -0.1) is 0 Å². The van der Waals surface area contributed by atoms with Crippen molar-refractivity contribution >= 4 is 21.2 Å². The highest BCUT2D eigenvalue weighted by Gasteiger charge is 2.13. The van der Waals surface area contributed by atoms with Crippen molar-refractivity contribution in [3.63, 3.8) is 0 Å². The summed E-state index contributed by atoms with van der Waals surface area (Å²) in [5, 5.41) is 0. The molecule has 20 heavy (non-hydrogen) atoms. The predicted octanol–water partition coefficient (Wildman–Crippen LogP) is -0.227. The lowest BCUT2D eigenvalue weighted by Crippen LogP contribution is -2.35. The summed E-state index contributed by atoms with van der Waals surface area (Å²) in [6.45, 7) is 0.180. The highest BCUT2D eigenvalue weighted by atomic mass is 32.2. The van der Waals surface area contributed by atoms with Gasteiger partial charge in [-0.1, -0.05) is 6.07 Å². The Morgan fingerprint density at radius 2 is 1.75 bits per heavy atom. The number of aromatic nitrogens is 2. The molecule has 0 atom stereocenters. The second kappa shape index (κ2) is 5.04. The molecule has 0 saturated carbocycles. The lowest BCUT2D eigenvalue weighted by molar-refractivity contribution is 0.505. The van der Waals surface area contributed by atoms with Gasteiger partial charge in [-0.05, 0) is 17.7 Å². The van der Waals surface area contributed by atoms with Crippen LogP contribution in [0.25, 0.3) is 11.0 Å². The molecule has 0 unspecified atom stereocenters. The van der Waals surface area contributed by atoms with Gasteiger partial charge >= 0.3 is 5.69 Å². The molecule has 0 fully saturated rings. The molecule has 0 bridgehead atoms. The maximum atomic E-state index is 11.8. The fourth-order valence-electron chi connectivity index (χ4n) is 1.97. The van der Waals surface area contributed by atoms with E-state index in [0.29, 0.717) is 0 Å². The van der Waals surface area contributed by atoms with Gasteiger partial charge in [-0.3, -0.25) is 9.13 Å². The van der Waals surface area contributed by atoms with Gasteiger partial charge in [-0.2, -0.15) is 17.4 Å². The highest BCUT2D eigenvalue weighted by molar-refractivity contribution is 7.87. The number of nitrogens with zero attached hydrogens (tertiary/aromatic N) is 3. The minimum Gasteiger partial charge on any atom is -0.295 e. The highest BCUT2D eigenvalue weighted by Crippen LogP contribution is 2.14. The Balaban J connectivity index is 2.34. The summed E-state index contributed by atoms with van der Waals surface area (Å²) >= 11 is 0. The number of rotatable bonds is 4. The Morgan fingerprint density at radius 3 is 2.35 bits per heavy atom. The number of aryl methyl sites for hydroxylation is 2. The van der Waals surface area contributed by atoms with Crippen LogP contribution in [0.2, 0.25) is 0 Å². The molecule has 1 N–H and O–H groups in total. The summed E-state index contributed by atoms with van der Waals surface area (Å²) in [6.07, 6.45) is 0. The molecule has 2 rings (SSSR count).